The Labute approximate surface area is 181 Å². The molecular weight excluding hydrogens is 415 g/mol. The largest absolute Gasteiger partial charge is 0.364 e. The fraction of sp³-hybridized carbons (Fsp3) is 0.182. The SMILES string of the molecule is CC(=O)C1(C)C(=O)Nc2cnc(-c3cc(-c4ccon4)n(Cc4ccccc4F)n3)nc21. The van der Waals surface area contributed by atoms with Crippen molar-refractivity contribution in [3.63, 3.8) is 0 Å². The highest BCUT2D eigenvalue weighted by Gasteiger charge is 2.48. The Balaban J connectivity index is 1.61. The number of hydrogen-bond acceptors (Lipinski definition) is 7. The summed E-state index contributed by atoms with van der Waals surface area (Å²) in [5.74, 6) is -0.900. The number of anilines is 1. The number of benzene rings is 1. The number of ketones is 1. The Morgan fingerprint density at radius 1 is 1.25 bits per heavy atom. The molecule has 1 amide bonds. The van der Waals surface area contributed by atoms with Crippen molar-refractivity contribution in [1.29, 1.82) is 0 Å². The average Bonchev–Trinajstić information content (AvgIpc) is 3.49. The predicted molar refractivity (Wildman–Crippen MR) is 111 cm³/mol. The van der Waals surface area contributed by atoms with Crippen molar-refractivity contribution in [2.45, 2.75) is 25.8 Å². The van der Waals surface area contributed by atoms with Crippen LogP contribution in [0.3, 0.4) is 0 Å². The van der Waals surface area contributed by atoms with E-state index in [0.29, 0.717) is 34.0 Å². The average molecular weight is 432 g/mol. The lowest BCUT2D eigenvalue weighted by Crippen LogP contribution is -2.38. The van der Waals surface area contributed by atoms with Crippen LogP contribution in [0.4, 0.5) is 10.1 Å². The number of nitrogens with one attached hydrogen (secondary N) is 1. The van der Waals surface area contributed by atoms with E-state index in [-0.39, 0.29) is 24.0 Å². The molecule has 9 nitrogen and oxygen atoms in total. The predicted octanol–water partition coefficient (Wildman–Crippen LogP) is 2.98. The summed E-state index contributed by atoms with van der Waals surface area (Å²) in [7, 11) is 0. The molecule has 1 aliphatic rings. The first-order valence-corrected chi connectivity index (χ1v) is 9.80. The van der Waals surface area contributed by atoms with Gasteiger partial charge in [-0.1, -0.05) is 23.4 Å². The maximum Gasteiger partial charge on any atom is 0.244 e. The van der Waals surface area contributed by atoms with Crippen LogP contribution < -0.4 is 5.32 Å². The van der Waals surface area contributed by atoms with Gasteiger partial charge in [0.1, 0.15) is 28.9 Å². The summed E-state index contributed by atoms with van der Waals surface area (Å²) in [6.45, 7) is 3.03. The zero-order chi connectivity index (χ0) is 22.5. The van der Waals surface area contributed by atoms with Crippen LogP contribution in [0.1, 0.15) is 25.1 Å². The van der Waals surface area contributed by atoms with Gasteiger partial charge in [0.15, 0.2) is 11.6 Å². The summed E-state index contributed by atoms with van der Waals surface area (Å²) in [4.78, 5) is 33.5. The third-order valence-corrected chi connectivity index (χ3v) is 5.66. The molecule has 4 heterocycles. The second-order valence-corrected chi connectivity index (χ2v) is 7.64. The summed E-state index contributed by atoms with van der Waals surface area (Å²) in [6, 6.07) is 9.78. The Morgan fingerprint density at radius 3 is 2.78 bits per heavy atom. The molecule has 0 spiro atoms. The van der Waals surface area contributed by atoms with Gasteiger partial charge in [-0.15, -0.1) is 0 Å². The fourth-order valence-corrected chi connectivity index (χ4v) is 3.64. The molecule has 0 aliphatic carbocycles. The van der Waals surface area contributed by atoms with Gasteiger partial charge < -0.3 is 9.84 Å². The summed E-state index contributed by atoms with van der Waals surface area (Å²) >= 11 is 0. The van der Waals surface area contributed by atoms with E-state index in [0.717, 1.165) is 0 Å². The molecule has 1 aromatic carbocycles. The van der Waals surface area contributed by atoms with E-state index >= 15 is 0 Å². The molecule has 10 heteroatoms. The van der Waals surface area contributed by atoms with Gasteiger partial charge in [-0.3, -0.25) is 14.3 Å². The number of halogens is 1. The van der Waals surface area contributed by atoms with Crippen molar-refractivity contribution in [1.82, 2.24) is 24.9 Å². The lowest BCUT2D eigenvalue weighted by molar-refractivity contribution is -0.131. The van der Waals surface area contributed by atoms with Crippen LogP contribution in [0.2, 0.25) is 0 Å². The smallest absolute Gasteiger partial charge is 0.244 e. The van der Waals surface area contributed by atoms with Crippen LogP contribution in [-0.2, 0) is 21.5 Å². The van der Waals surface area contributed by atoms with Gasteiger partial charge in [0.05, 0.1) is 29.8 Å². The van der Waals surface area contributed by atoms with Gasteiger partial charge in [-0.05, 0) is 26.0 Å². The van der Waals surface area contributed by atoms with Gasteiger partial charge in [0.25, 0.3) is 0 Å². The molecule has 0 saturated carbocycles. The molecule has 160 valence electrons. The fourth-order valence-electron chi connectivity index (χ4n) is 3.64. The molecule has 0 saturated heterocycles. The number of rotatable bonds is 5. The molecule has 32 heavy (non-hydrogen) atoms. The van der Waals surface area contributed by atoms with E-state index in [1.54, 1.807) is 35.0 Å². The Morgan fingerprint density at radius 2 is 2.06 bits per heavy atom. The molecule has 1 atom stereocenters. The van der Waals surface area contributed by atoms with Crippen LogP contribution in [0, 0.1) is 5.82 Å². The Bertz CT molecular complexity index is 1360. The number of carbonyl (C=O) groups is 2. The van der Waals surface area contributed by atoms with E-state index in [2.05, 4.69) is 25.5 Å². The zero-order valence-electron chi connectivity index (χ0n) is 17.2. The summed E-state index contributed by atoms with van der Waals surface area (Å²) < 4.78 is 20.8. The van der Waals surface area contributed by atoms with Crippen molar-refractivity contribution in [3.8, 4) is 22.9 Å². The number of fused-ring (bicyclic) bond motifs is 1. The van der Waals surface area contributed by atoms with Crippen LogP contribution in [0.5, 0.6) is 0 Å². The van der Waals surface area contributed by atoms with Crippen molar-refractivity contribution in [3.05, 3.63) is 65.9 Å². The molecule has 0 bridgehead atoms. The van der Waals surface area contributed by atoms with Crippen LogP contribution in [0.25, 0.3) is 22.9 Å². The minimum Gasteiger partial charge on any atom is -0.364 e. The molecular formula is C22H17FN6O3. The number of aromatic nitrogens is 5. The summed E-state index contributed by atoms with van der Waals surface area (Å²) in [5, 5.41) is 11.2. The third-order valence-electron chi connectivity index (χ3n) is 5.66. The number of Topliss-reactive ketones (excluding diaryl/α,β-unsaturated/α-hetero) is 1. The zero-order valence-corrected chi connectivity index (χ0v) is 17.2. The van der Waals surface area contributed by atoms with Crippen molar-refractivity contribution in [2.75, 3.05) is 5.32 Å². The molecule has 5 rings (SSSR count). The normalized spacial score (nSPS) is 17.3. The van der Waals surface area contributed by atoms with E-state index in [4.69, 9.17) is 4.52 Å². The molecule has 1 unspecified atom stereocenters. The second-order valence-electron chi connectivity index (χ2n) is 7.64. The highest BCUT2D eigenvalue weighted by Crippen LogP contribution is 2.37. The van der Waals surface area contributed by atoms with Crippen molar-refractivity contribution < 1.29 is 18.5 Å². The van der Waals surface area contributed by atoms with E-state index in [1.165, 1.54) is 32.4 Å². The summed E-state index contributed by atoms with van der Waals surface area (Å²) in [5.41, 5.74) is 1.19. The number of amides is 1. The van der Waals surface area contributed by atoms with E-state index in [9.17, 15) is 14.0 Å². The number of nitrogens with zero attached hydrogens (tertiary/aromatic N) is 5. The number of hydrogen-bond donors (Lipinski definition) is 1. The highest BCUT2D eigenvalue weighted by molar-refractivity contribution is 6.19. The molecule has 4 aromatic rings. The lowest BCUT2D eigenvalue weighted by Gasteiger charge is -2.16. The lowest BCUT2D eigenvalue weighted by atomic mass is 9.84. The van der Waals surface area contributed by atoms with Gasteiger partial charge in [-0.25, -0.2) is 14.4 Å². The van der Waals surface area contributed by atoms with Gasteiger partial charge >= 0.3 is 0 Å². The van der Waals surface area contributed by atoms with Gasteiger partial charge in [0, 0.05) is 11.6 Å². The summed E-state index contributed by atoms with van der Waals surface area (Å²) in [6.07, 6.45) is 2.88. The first-order valence-electron chi connectivity index (χ1n) is 9.80. The topological polar surface area (TPSA) is 116 Å². The number of carbonyl (C=O) groups excluding carboxylic acids is 2. The maximum atomic E-state index is 14.3. The first kappa shape index (κ1) is 19.7. The first-order chi connectivity index (χ1) is 15.4. The maximum absolute atomic E-state index is 14.3. The Kier molecular flexibility index (Phi) is 4.43. The second kappa shape index (κ2) is 7.19. The molecule has 3 aromatic heterocycles. The molecule has 1 aliphatic heterocycles. The molecule has 0 radical (unpaired) electrons. The highest BCUT2D eigenvalue weighted by atomic mass is 19.1. The van der Waals surface area contributed by atoms with Gasteiger partial charge in [0.2, 0.25) is 5.91 Å². The third kappa shape index (κ3) is 2.99. The van der Waals surface area contributed by atoms with E-state index in [1.807, 2.05) is 0 Å². The van der Waals surface area contributed by atoms with Crippen LogP contribution in [0.15, 0.2) is 53.4 Å². The Hall–Kier alpha value is -4.21. The van der Waals surface area contributed by atoms with Gasteiger partial charge in [-0.2, -0.15) is 5.10 Å². The standard InChI is InChI=1S/C22H17FN6O3/c1-12(30)22(2)19-17(25-21(22)31)10-24-20(26-19)16-9-18(15-7-8-32-28-15)29(27-16)11-13-5-3-4-6-14(13)23/h3-10H,11H2,1-2H3,(H,25,31). The van der Waals surface area contributed by atoms with Crippen molar-refractivity contribution in [2.24, 2.45) is 0 Å². The van der Waals surface area contributed by atoms with Crippen LogP contribution in [-0.4, -0.2) is 36.6 Å². The molecule has 0 fully saturated rings. The van der Waals surface area contributed by atoms with E-state index < -0.39 is 11.3 Å². The quantitative estimate of drug-likeness (QED) is 0.482. The monoisotopic (exact) mass is 432 g/mol. The minimum atomic E-state index is -1.41. The van der Waals surface area contributed by atoms with Crippen LogP contribution >= 0.6 is 0 Å². The molecule has 1 N–H and O–H groups in total. The van der Waals surface area contributed by atoms with Crippen molar-refractivity contribution >= 4 is 17.4 Å². The minimum absolute atomic E-state index is 0.144.